The van der Waals surface area contributed by atoms with E-state index in [2.05, 4.69) is 63.8 Å². The van der Waals surface area contributed by atoms with Crippen molar-refractivity contribution >= 4 is 0 Å². The smallest absolute Gasteiger partial charge is 0.0424 e. The molecule has 1 aromatic carbocycles. The summed E-state index contributed by atoms with van der Waals surface area (Å²) in [6.07, 6.45) is 2.57. The maximum atomic E-state index is 6.41. The van der Waals surface area contributed by atoms with Gasteiger partial charge in [0.1, 0.15) is 0 Å². The minimum Gasteiger partial charge on any atom is -0.323 e. The molecule has 2 nitrogen and oxygen atoms in total. The van der Waals surface area contributed by atoms with Crippen LogP contribution in [-0.4, -0.2) is 23.5 Å². The molecule has 1 aliphatic heterocycles. The highest BCUT2D eigenvalue weighted by atomic mass is 15.2. The van der Waals surface area contributed by atoms with Gasteiger partial charge in [0.2, 0.25) is 0 Å². The molecule has 1 aromatic rings. The van der Waals surface area contributed by atoms with Crippen LogP contribution in [0.3, 0.4) is 0 Å². The molecule has 1 unspecified atom stereocenters. The van der Waals surface area contributed by atoms with Gasteiger partial charge in [0.15, 0.2) is 0 Å². The largest absolute Gasteiger partial charge is 0.323 e. The van der Waals surface area contributed by atoms with Gasteiger partial charge in [-0.15, -0.1) is 0 Å². The van der Waals surface area contributed by atoms with Crippen molar-refractivity contribution in [2.24, 2.45) is 5.73 Å². The van der Waals surface area contributed by atoms with Crippen LogP contribution in [0.25, 0.3) is 0 Å². The maximum Gasteiger partial charge on any atom is 0.0424 e. The van der Waals surface area contributed by atoms with E-state index in [0.29, 0.717) is 5.54 Å². The lowest BCUT2D eigenvalue weighted by atomic mass is 9.86. The van der Waals surface area contributed by atoms with Gasteiger partial charge >= 0.3 is 0 Å². The molecule has 1 aliphatic rings. The topological polar surface area (TPSA) is 29.3 Å². The summed E-state index contributed by atoms with van der Waals surface area (Å²) in [5, 5.41) is 0. The fourth-order valence-electron chi connectivity index (χ4n) is 3.07. The van der Waals surface area contributed by atoms with E-state index in [4.69, 9.17) is 5.73 Å². The summed E-state index contributed by atoms with van der Waals surface area (Å²) >= 11 is 0. The molecule has 1 atom stereocenters. The standard InChI is InChI=1S/C18H30N2/c1-17(2,3)15-9-7-14(8-10-15)16(19)13-20-12-6-11-18(20,4)5/h7-10,16H,6,11-13,19H2,1-5H3. The molecule has 0 aliphatic carbocycles. The zero-order chi connectivity index (χ0) is 15.0. The molecule has 0 aromatic heterocycles. The monoisotopic (exact) mass is 274 g/mol. The Hall–Kier alpha value is -0.860. The number of hydrogen-bond acceptors (Lipinski definition) is 2. The Balaban J connectivity index is 2.04. The van der Waals surface area contributed by atoms with Crippen molar-refractivity contribution in [1.29, 1.82) is 0 Å². The lowest BCUT2D eigenvalue weighted by molar-refractivity contribution is 0.165. The molecule has 20 heavy (non-hydrogen) atoms. The second kappa shape index (κ2) is 5.50. The van der Waals surface area contributed by atoms with Crippen molar-refractivity contribution in [3.8, 4) is 0 Å². The first-order valence-electron chi connectivity index (χ1n) is 7.81. The van der Waals surface area contributed by atoms with Crippen LogP contribution in [0, 0.1) is 0 Å². The summed E-state index contributed by atoms with van der Waals surface area (Å²) in [5.41, 5.74) is 9.55. The van der Waals surface area contributed by atoms with Gasteiger partial charge in [-0.3, -0.25) is 4.90 Å². The fourth-order valence-corrected chi connectivity index (χ4v) is 3.07. The number of likely N-dealkylation sites (tertiary alicyclic amines) is 1. The van der Waals surface area contributed by atoms with Crippen LogP contribution in [0.2, 0.25) is 0 Å². The Morgan fingerprint density at radius 2 is 1.80 bits per heavy atom. The van der Waals surface area contributed by atoms with Gasteiger partial charge in [-0.1, -0.05) is 45.0 Å². The Kier molecular flexibility index (Phi) is 4.27. The van der Waals surface area contributed by atoms with Crippen molar-refractivity contribution in [3.05, 3.63) is 35.4 Å². The van der Waals surface area contributed by atoms with Crippen LogP contribution in [0.4, 0.5) is 0 Å². The number of nitrogens with zero attached hydrogens (tertiary/aromatic N) is 1. The first-order chi connectivity index (χ1) is 9.20. The molecule has 1 fully saturated rings. The highest BCUT2D eigenvalue weighted by Crippen LogP contribution is 2.30. The third-order valence-electron chi connectivity index (χ3n) is 4.69. The zero-order valence-corrected chi connectivity index (χ0v) is 13.7. The summed E-state index contributed by atoms with van der Waals surface area (Å²) < 4.78 is 0. The van der Waals surface area contributed by atoms with Crippen LogP contribution in [0.5, 0.6) is 0 Å². The van der Waals surface area contributed by atoms with E-state index in [0.717, 1.165) is 6.54 Å². The second-order valence-corrected chi connectivity index (χ2v) is 7.84. The van der Waals surface area contributed by atoms with Crippen molar-refractivity contribution in [3.63, 3.8) is 0 Å². The van der Waals surface area contributed by atoms with Gasteiger partial charge in [0, 0.05) is 18.1 Å². The molecule has 112 valence electrons. The van der Waals surface area contributed by atoms with Gasteiger partial charge in [0.25, 0.3) is 0 Å². The molecule has 0 bridgehead atoms. The van der Waals surface area contributed by atoms with Gasteiger partial charge in [-0.25, -0.2) is 0 Å². The summed E-state index contributed by atoms with van der Waals surface area (Å²) in [7, 11) is 0. The van der Waals surface area contributed by atoms with Gasteiger partial charge in [-0.05, 0) is 49.8 Å². The molecule has 0 amide bonds. The van der Waals surface area contributed by atoms with E-state index < -0.39 is 0 Å². The lowest BCUT2D eigenvalue weighted by Crippen LogP contribution is -2.42. The summed E-state index contributed by atoms with van der Waals surface area (Å²) in [5.74, 6) is 0. The van der Waals surface area contributed by atoms with E-state index in [-0.39, 0.29) is 11.5 Å². The lowest BCUT2D eigenvalue weighted by Gasteiger charge is -2.33. The molecule has 1 saturated heterocycles. The average molecular weight is 274 g/mol. The van der Waals surface area contributed by atoms with Crippen molar-refractivity contribution < 1.29 is 0 Å². The Morgan fingerprint density at radius 3 is 2.25 bits per heavy atom. The van der Waals surface area contributed by atoms with E-state index in [1.807, 2.05) is 0 Å². The Morgan fingerprint density at radius 1 is 1.20 bits per heavy atom. The number of nitrogens with two attached hydrogens (primary N) is 1. The van der Waals surface area contributed by atoms with E-state index in [1.165, 1.54) is 30.5 Å². The first-order valence-corrected chi connectivity index (χ1v) is 7.81. The van der Waals surface area contributed by atoms with Gasteiger partial charge < -0.3 is 5.73 Å². The number of rotatable bonds is 3. The predicted molar refractivity (Wildman–Crippen MR) is 87.0 cm³/mol. The Bertz CT molecular complexity index is 439. The molecule has 1 heterocycles. The molecule has 0 spiro atoms. The van der Waals surface area contributed by atoms with Crippen molar-refractivity contribution in [2.45, 2.75) is 64.5 Å². The zero-order valence-electron chi connectivity index (χ0n) is 13.7. The Labute approximate surface area is 124 Å². The third-order valence-corrected chi connectivity index (χ3v) is 4.69. The molecule has 0 saturated carbocycles. The molecular weight excluding hydrogens is 244 g/mol. The molecule has 0 radical (unpaired) electrons. The van der Waals surface area contributed by atoms with Crippen LogP contribution >= 0.6 is 0 Å². The first kappa shape index (κ1) is 15.5. The van der Waals surface area contributed by atoms with Crippen molar-refractivity contribution in [1.82, 2.24) is 4.90 Å². The SMILES string of the molecule is CC(C)(C)c1ccc(C(N)CN2CCCC2(C)C)cc1. The second-order valence-electron chi connectivity index (χ2n) is 7.84. The van der Waals surface area contributed by atoms with Crippen LogP contribution in [0.1, 0.15) is 64.6 Å². The third kappa shape index (κ3) is 3.42. The van der Waals surface area contributed by atoms with E-state index >= 15 is 0 Å². The van der Waals surface area contributed by atoms with Crippen LogP contribution < -0.4 is 5.73 Å². The van der Waals surface area contributed by atoms with Crippen LogP contribution in [0.15, 0.2) is 24.3 Å². The van der Waals surface area contributed by atoms with Gasteiger partial charge in [0.05, 0.1) is 0 Å². The van der Waals surface area contributed by atoms with Gasteiger partial charge in [-0.2, -0.15) is 0 Å². The normalized spacial score (nSPS) is 21.1. The summed E-state index contributed by atoms with van der Waals surface area (Å²) in [4.78, 5) is 2.54. The van der Waals surface area contributed by atoms with Crippen LogP contribution in [-0.2, 0) is 5.41 Å². The summed E-state index contributed by atoms with van der Waals surface area (Å²) in [6.45, 7) is 13.5. The van der Waals surface area contributed by atoms with E-state index in [1.54, 1.807) is 0 Å². The molecular formula is C18H30N2. The fraction of sp³-hybridized carbons (Fsp3) is 0.667. The minimum atomic E-state index is 0.112. The highest BCUT2D eigenvalue weighted by Gasteiger charge is 2.32. The maximum absolute atomic E-state index is 6.41. The molecule has 2 N–H and O–H groups in total. The molecule has 2 heteroatoms. The summed E-state index contributed by atoms with van der Waals surface area (Å²) in [6, 6.07) is 8.97. The quantitative estimate of drug-likeness (QED) is 0.907. The molecule has 2 rings (SSSR count). The number of benzene rings is 1. The minimum absolute atomic E-state index is 0.112. The average Bonchev–Trinajstić information content (AvgIpc) is 2.68. The van der Waals surface area contributed by atoms with Crippen molar-refractivity contribution in [2.75, 3.05) is 13.1 Å². The van der Waals surface area contributed by atoms with E-state index in [9.17, 15) is 0 Å². The highest BCUT2D eigenvalue weighted by molar-refractivity contribution is 5.29. The number of hydrogen-bond donors (Lipinski definition) is 1. The predicted octanol–water partition coefficient (Wildman–Crippen LogP) is 3.86.